The number of halogens is 1. The Balaban J connectivity index is 1.85. The molecule has 0 unspecified atom stereocenters. The zero-order valence-electron chi connectivity index (χ0n) is 9.71. The van der Waals surface area contributed by atoms with Crippen LogP contribution >= 0.6 is 0 Å². The third-order valence-corrected chi connectivity index (χ3v) is 3.04. The van der Waals surface area contributed by atoms with Crippen molar-refractivity contribution in [2.75, 3.05) is 0 Å². The van der Waals surface area contributed by atoms with Crippen molar-refractivity contribution in [2.24, 2.45) is 20.2 Å². The molecular formula is C14H7FN4. The second-order valence-corrected chi connectivity index (χ2v) is 4.30. The first-order valence-corrected chi connectivity index (χ1v) is 5.78. The molecule has 2 heterocycles. The molecule has 0 aromatic heterocycles. The minimum absolute atomic E-state index is 0.270. The molecule has 0 aliphatic carbocycles. The van der Waals surface area contributed by atoms with Gasteiger partial charge in [-0.1, -0.05) is 0 Å². The highest BCUT2D eigenvalue weighted by molar-refractivity contribution is 6.02. The third kappa shape index (κ3) is 1.59. The van der Waals surface area contributed by atoms with E-state index in [1.54, 1.807) is 18.3 Å². The van der Waals surface area contributed by atoms with Gasteiger partial charge < -0.3 is 0 Å². The molecule has 0 atom stereocenters. The molecule has 2 aliphatic rings. The Morgan fingerprint density at radius 3 is 2.58 bits per heavy atom. The fourth-order valence-electron chi connectivity index (χ4n) is 2.09. The quantitative estimate of drug-likeness (QED) is 0.746. The minimum atomic E-state index is -0.270. The summed E-state index contributed by atoms with van der Waals surface area (Å²) >= 11 is 0. The number of amidine groups is 1. The molecule has 0 spiro atoms. The summed E-state index contributed by atoms with van der Waals surface area (Å²) in [5, 5.41) is 9.56. The van der Waals surface area contributed by atoms with Gasteiger partial charge in [0.1, 0.15) is 5.82 Å². The second-order valence-electron chi connectivity index (χ2n) is 4.30. The Morgan fingerprint density at radius 2 is 1.74 bits per heavy atom. The van der Waals surface area contributed by atoms with E-state index in [1.165, 1.54) is 12.1 Å². The van der Waals surface area contributed by atoms with E-state index in [2.05, 4.69) is 20.2 Å². The zero-order valence-corrected chi connectivity index (χ0v) is 9.71. The molecule has 0 saturated carbocycles. The molecule has 0 N–H and O–H groups in total. The first-order chi connectivity index (χ1) is 9.29. The van der Waals surface area contributed by atoms with Crippen LogP contribution in [0.25, 0.3) is 6.20 Å². The van der Waals surface area contributed by atoms with Crippen molar-refractivity contribution in [3.8, 4) is 0 Å². The van der Waals surface area contributed by atoms with E-state index >= 15 is 0 Å². The Bertz CT molecular complexity index is 864. The molecule has 0 amide bonds. The summed E-state index contributed by atoms with van der Waals surface area (Å²) in [5.41, 5.74) is 2.39. The summed E-state index contributed by atoms with van der Waals surface area (Å²) in [6.07, 6.45) is 1.70. The van der Waals surface area contributed by atoms with E-state index in [0.717, 1.165) is 27.5 Å². The van der Waals surface area contributed by atoms with Gasteiger partial charge in [-0.2, -0.15) is 10.2 Å². The Morgan fingerprint density at radius 1 is 0.895 bits per heavy atom. The van der Waals surface area contributed by atoms with Gasteiger partial charge in [0.15, 0.2) is 5.84 Å². The lowest BCUT2D eigenvalue weighted by molar-refractivity contribution is 0.628. The van der Waals surface area contributed by atoms with Gasteiger partial charge in [0.25, 0.3) is 0 Å². The lowest BCUT2D eigenvalue weighted by Crippen LogP contribution is -2.06. The van der Waals surface area contributed by atoms with Crippen LogP contribution in [-0.4, -0.2) is 5.84 Å². The SMILES string of the molecule is Fc1ccc(C2=Nc3cc4c(cc3=N2)N=NC=4)cc1. The van der Waals surface area contributed by atoms with E-state index in [9.17, 15) is 4.39 Å². The molecule has 5 heteroatoms. The van der Waals surface area contributed by atoms with Gasteiger partial charge in [-0.3, -0.25) is 0 Å². The number of hydrogen-bond donors (Lipinski definition) is 0. The van der Waals surface area contributed by atoms with Gasteiger partial charge in [0.05, 0.1) is 22.9 Å². The van der Waals surface area contributed by atoms with Crippen LogP contribution in [0.5, 0.6) is 0 Å². The van der Waals surface area contributed by atoms with Crippen LogP contribution in [-0.2, 0) is 0 Å². The van der Waals surface area contributed by atoms with Crippen molar-refractivity contribution in [2.45, 2.75) is 0 Å². The van der Waals surface area contributed by atoms with Crippen molar-refractivity contribution < 1.29 is 4.39 Å². The average Bonchev–Trinajstić information content (AvgIpc) is 3.01. The number of hydrogen-bond acceptors (Lipinski definition) is 4. The van der Waals surface area contributed by atoms with Crippen molar-refractivity contribution in [1.82, 2.24) is 0 Å². The lowest BCUT2D eigenvalue weighted by Gasteiger charge is -1.96. The monoisotopic (exact) mass is 250 g/mol. The number of fused-ring (bicyclic) bond motifs is 2. The first-order valence-electron chi connectivity index (χ1n) is 5.78. The van der Waals surface area contributed by atoms with E-state index in [1.807, 2.05) is 12.1 Å². The Kier molecular flexibility index (Phi) is 1.97. The van der Waals surface area contributed by atoms with Crippen molar-refractivity contribution in [3.05, 3.63) is 58.4 Å². The number of nitrogens with zero attached hydrogens (tertiary/aromatic N) is 4. The predicted molar refractivity (Wildman–Crippen MR) is 68.8 cm³/mol. The zero-order chi connectivity index (χ0) is 12.8. The number of benzene rings is 2. The molecule has 4 nitrogen and oxygen atoms in total. The second kappa shape index (κ2) is 3.65. The molecule has 0 saturated heterocycles. The number of aliphatic imine (C=N–C) groups is 1. The van der Waals surface area contributed by atoms with Crippen LogP contribution in [0.4, 0.5) is 15.8 Å². The maximum absolute atomic E-state index is 12.9. The number of azo groups is 1. The van der Waals surface area contributed by atoms with Crippen molar-refractivity contribution in [1.29, 1.82) is 0 Å². The summed E-state index contributed by atoms with van der Waals surface area (Å²) in [6, 6.07) is 9.91. The fraction of sp³-hybridized carbons (Fsp3) is 0. The topological polar surface area (TPSA) is 49.4 Å². The molecule has 0 fully saturated rings. The van der Waals surface area contributed by atoms with E-state index in [-0.39, 0.29) is 5.82 Å². The Hall–Kier alpha value is -2.69. The summed E-state index contributed by atoms with van der Waals surface area (Å²) in [7, 11) is 0. The standard InChI is InChI=1S/C14H7FN4/c15-10-3-1-8(2-4-10)14-17-12-5-9-7-16-19-11(9)6-13(12)18-14/h1-7H. The van der Waals surface area contributed by atoms with Gasteiger partial charge in [-0.25, -0.2) is 14.4 Å². The molecule has 0 bridgehead atoms. The van der Waals surface area contributed by atoms with Crippen molar-refractivity contribution >= 4 is 23.4 Å². The predicted octanol–water partition coefficient (Wildman–Crippen LogP) is 2.37. The van der Waals surface area contributed by atoms with Crippen LogP contribution in [0, 0.1) is 5.82 Å². The first kappa shape index (κ1) is 10.3. The summed E-state index contributed by atoms with van der Waals surface area (Å²) in [5.74, 6) is 0.324. The Labute approximate surface area is 107 Å². The summed E-state index contributed by atoms with van der Waals surface area (Å²) in [4.78, 5) is 8.89. The van der Waals surface area contributed by atoms with Crippen LogP contribution in [0.2, 0.25) is 0 Å². The van der Waals surface area contributed by atoms with Gasteiger partial charge in [-0.15, -0.1) is 0 Å². The van der Waals surface area contributed by atoms with E-state index in [4.69, 9.17) is 0 Å². The van der Waals surface area contributed by atoms with E-state index in [0.29, 0.717) is 5.84 Å². The molecule has 2 aromatic rings. The fourth-order valence-corrected chi connectivity index (χ4v) is 2.09. The largest absolute Gasteiger partial charge is 0.226 e. The van der Waals surface area contributed by atoms with Gasteiger partial charge in [-0.05, 0) is 36.4 Å². The molecule has 90 valence electrons. The van der Waals surface area contributed by atoms with Crippen LogP contribution in [0.1, 0.15) is 5.56 Å². The van der Waals surface area contributed by atoms with Gasteiger partial charge in [0.2, 0.25) is 0 Å². The molecule has 2 aromatic carbocycles. The highest BCUT2D eigenvalue weighted by Gasteiger charge is 2.13. The number of rotatable bonds is 1. The van der Waals surface area contributed by atoms with Crippen LogP contribution in [0.3, 0.4) is 0 Å². The highest BCUT2D eigenvalue weighted by atomic mass is 19.1. The van der Waals surface area contributed by atoms with Crippen molar-refractivity contribution in [3.63, 3.8) is 0 Å². The summed E-state index contributed by atoms with van der Waals surface area (Å²) in [6.45, 7) is 0. The normalized spacial score (nSPS) is 14.5. The van der Waals surface area contributed by atoms with E-state index < -0.39 is 0 Å². The molecule has 19 heavy (non-hydrogen) atoms. The third-order valence-electron chi connectivity index (χ3n) is 3.04. The van der Waals surface area contributed by atoms with Gasteiger partial charge >= 0.3 is 0 Å². The van der Waals surface area contributed by atoms with Gasteiger partial charge in [0, 0.05) is 10.8 Å². The van der Waals surface area contributed by atoms with Crippen LogP contribution < -0.4 is 10.6 Å². The van der Waals surface area contributed by atoms with Crippen LogP contribution in [0.15, 0.2) is 56.6 Å². The maximum Gasteiger partial charge on any atom is 0.160 e. The molecule has 0 radical (unpaired) electrons. The summed E-state index contributed by atoms with van der Waals surface area (Å²) < 4.78 is 12.9. The lowest BCUT2D eigenvalue weighted by atomic mass is 10.2. The molecule has 2 aliphatic heterocycles. The maximum atomic E-state index is 12.9. The average molecular weight is 250 g/mol. The minimum Gasteiger partial charge on any atom is -0.226 e. The molecular weight excluding hydrogens is 243 g/mol. The highest BCUT2D eigenvalue weighted by Crippen LogP contribution is 2.18. The molecule has 4 rings (SSSR count). The smallest absolute Gasteiger partial charge is 0.160 e.